The van der Waals surface area contributed by atoms with E-state index in [4.69, 9.17) is 0 Å². The third-order valence-electron chi connectivity index (χ3n) is 4.40. The molecular formula is C18H16BrN3O2S. The van der Waals surface area contributed by atoms with Crippen molar-refractivity contribution in [1.82, 2.24) is 14.3 Å². The molecule has 1 aromatic carbocycles. The highest BCUT2D eigenvalue weighted by Crippen LogP contribution is 2.30. The number of halogens is 1. The smallest absolute Gasteiger partial charge is 0.243 e. The Hall–Kier alpha value is -1.96. The first-order chi connectivity index (χ1) is 12.1. The van der Waals surface area contributed by atoms with Crippen molar-refractivity contribution in [3.8, 4) is 0 Å². The van der Waals surface area contributed by atoms with Crippen LogP contribution >= 0.6 is 15.9 Å². The maximum atomic E-state index is 12.8. The molecule has 0 saturated heterocycles. The summed E-state index contributed by atoms with van der Waals surface area (Å²) < 4.78 is 27.9. The normalized spacial score (nSPS) is 16.1. The van der Waals surface area contributed by atoms with Gasteiger partial charge in [0.2, 0.25) is 10.0 Å². The van der Waals surface area contributed by atoms with Crippen molar-refractivity contribution in [3.05, 3.63) is 64.9 Å². The molecular weight excluding hydrogens is 402 g/mol. The second kappa shape index (κ2) is 6.40. The minimum Gasteiger partial charge on any atom is -0.346 e. The Labute approximate surface area is 154 Å². The van der Waals surface area contributed by atoms with Crippen LogP contribution in [0.4, 0.5) is 0 Å². The number of rotatable bonds is 3. The van der Waals surface area contributed by atoms with Gasteiger partial charge in [-0.25, -0.2) is 13.4 Å². The van der Waals surface area contributed by atoms with Gasteiger partial charge in [0, 0.05) is 40.9 Å². The van der Waals surface area contributed by atoms with Gasteiger partial charge in [-0.2, -0.15) is 4.31 Å². The molecule has 0 fully saturated rings. The molecule has 0 saturated carbocycles. The number of sulfonamides is 1. The Morgan fingerprint density at radius 2 is 2.08 bits per heavy atom. The first kappa shape index (κ1) is 16.5. The SMILES string of the molecule is O=S(=O)(c1cccc(Br)c1)N1CC=C(c2c[nH]c3ncccc23)CC1. The summed E-state index contributed by atoms with van der Waals surface area (Å²) in [6.45, 7) is 0.838. The van der Waals surface area contributed by atoms with Crippen molar-refractivity contribution in [2.24, 2.45) is 0 Å². The van der Waals surface area contributed by atoms with Crippen molar-refractivity contribution in [3.63, 3.8) is 0 Å². The van der Waals surface area contributed by atoms with Gasteiger partial charge in [-0.3, -0.25) is 0 Å². The van der Waals surface area contributed by atoms with E-state index < -0.39 is 10.0 Å². The molecule has 0 atom stereocenters. The summed E-state index contributed by atoms with van der Waals surface area (Å²) in [4.78, 5) is 7.79. The molecule has 0 bridgehead atoms. The van der Waals surface area contributed by atoms with E-state index in [1.165, 1.54) is 4.31 Å². The van der Waals surface area contributed by atoms with Gasteiger partial charge >= 0.3 is 0 Å². The van der Waals surface area contributed by atoms with Gasteiger partial charge in [-0.15, -0.1) is 0 Å². The van der Waals surface area contributed by atoms with Gasteiger partial charge in [0.1, 0.15) is 5.65 Å². The minimum absolute atomic E-state index is 0.315. The molecule has 0 aliphatic carbocycles. The largest absolute Gasteiger partial charge is 0.346 e. The molecule has 3 heterocycles. The molecule has 1 aliphatic rings. The quantitative estimate of drug-likeness (QED) is 0.704. The number of hydrogen-bond acceptors (Lipinski definition) is 3. The average molecular weight is 418 g/mol. The molecule has 0 radical (unpaired) electrons. The summed E-state index contributed by atoms with van der Waals surface area (Å²) >= 11 is 3.33. The number of fused-ring (bicyclic) bond motifs is 1. The predicted octanol–water partition coefficient (Wildman–Crippen LogP) is 3.80. The fraction of sp³-hybridized carbons (Fsp3) is 0.167. The highest BCUT2D eigenvalue weighted by Gasteiger charge is 2.27. The van der Waals surface area contributed by atoms with E-state index in [1.54, 1.807) is 24.4 Å². The number of aromatic amines is 1. The zero-order valence-corrected chi connectivity index (χ0v) is 15.7. The zero-order valence-electron chi connectivity index (χ0n) is 13.3. The van der Waals surface area contributed by atoms with E-state index in [9.17, 15) is 8.42 Å². The van der Waals surface area contributed by atoms with Crippen LogP contribution in [0.3, 0.4) is 0 Å². The van der Waals surface area contributed by atoms with Crippen LogP contribution in [0.1, 0.15) is 12.0 Å². The average Bonchev–Trinajstić information content (AvgIpc) is 3.06. The summed E-state index contributed by atoms with van der Waals surface area (Å²) in [5.41, 5.74) is 3.10. The Morgan fingerprint density at radius 1 is 1.20 bits per heavy atom. The van der Waals surface area contributed by atoms with Crippen molar-refractivity contribution in [2.45, 2.75) is 11.3 Å². The number of benzene rings is 1. The Kier molecular flexibility index (Phi) is 4.23. The van der Waals surface area contributed by atoms with Gasteiger partial charge in [0.15, 0.2) is 0 Å². The van der Waals surface area contributed by atoms with Crippen LogP contribution in [0.25, 0.3) is 16.6 Å². The third kappa shape index (κ3) is 3.03. The maximum Gasteiger partial charge on any atom is 0.243 e. The third-order valence-corrected chi connectivity index (χ3v) is 6.76. The lowest BCUT2D eigenvalue weighted by atomic mass is 10.0. The molecule has 1 aliphatic heterocycles. The van der Waals surface area contributed by atoms with Crippen LogP contribution in [-0.4, -0.2) is 35.8 Å². The number of nitrogens with zero attached hydrogens (tertiary/aromatic N) is 2. The van der Waals surface area contributed by atoms with E-state index >= 15 is 0 Å². The molecule has 0 unspecified atom stereocenters. The molecule has 5 nitrogen and oxygen atoms in total. The van der Waals surface area contributed by atoms with Crippen LogP contribution < -0.4 is 0 Å². The fourth-order valence-electron chi connectivity index (χ4n) is 3.11. The zero-order chi connectivity index (χ0) is 17.4. The summed E-state index contributed by atoms with van der Waals surface area (Å²) in [5.74, 6) is 0. The molecule has 0 amide bonds. The summed E-state index contributed by atoms with van der Waals surface area (Å²) in [6.07, 6.45) is 6.37. The summed E-state index contributed by atoms with van der Waals surface area (Å²) in [5, 5.41) is 1.07. The van der Waals surface area contributed by atoms with Crippen LogP contribution in [0, 0.1) is 0 Å². The molecule has 1 N–H and O–H groups in total. The highest BCUT2D eigenvalue weighted by molar-refractivity contribution is 9.10. The molecule has 7 heteroatoms. The number of H-pyrrole nitrogens is 1. The monoisotopic (exact) mass is 417 g/mol. The van der Waals surface area contributed by atoms with Crippen LogP contribution in [0.15, 0.2) is 64.2 Å². The topological polar surface area (TPSA) is 66.1 Å². The maximum absolute atomic E-state index is 12.8. The first-order valence-electron chi connectivity index (χ1n) is 7.93. The number of aromatic nitrogens is 2. The second-order valence-corrected chi connectivity index (χ2v) is 8.76. The molecule has 4 rings (SSSR count). The van der Waals surface area contributed by atoms with Crippen molar-refractivity contribution in [2.75, 3.05) is 13.1 Å². The van der Waals surface area contributed by atoms with Gasteiger partial charge in [0.25, 0.3) is 0 Å². The Bertz CT molecular complexity index is 1070. The van der Waals surface area contributed by atoms with Crippen LogP contribution in [0.5, 0.6) is 0 Å². The molecule has 2 aromatic heterocycles. The van der Waals surface area contributed by atoms with E-state index in [-0.39, 0.29) is 0 Å². The first-order valence-corrected chi connectivity index (χ1v) is 10.2. The standard InChI is InChI=1S/C18H16BrN3O2S/c19-14-3-1-4-15(11-14)25(23,24)22-9-6-13(7-10-22)17-12-21-18-16(17)5-2-8-20-18/h1-6,8,11-12H,7,9-10H2,(H,20,21). The lowest BCUT2D eigenvalue weighted by Gasteiger charge is -2.26. The molecule has 25 heavy (non-hydrogen) atoms. The van der Waals surface area contributed by atoms with Crippen molar-refractivity contribution in [1.29, 1.82) is 0 Å². The van der Waals surface area contributed by atoms with Crippen molar-refractivity contribution >= 4 is 42.6 Å². The molecule has 128 valence electrons. The van der Waals surface area contributed by atoms with Gasteiger partial charge in [-0.05, 0) is 42.3 Å². The predicted molar refractivity (Wildman–Crippen MR) is 102 cm³/mol. The number of nitrogens with one attached hydrogen (secondary N) is 1. The van der Waals surface area contributed by atoms with E-state index in [2.05, 4.69) is 25.9 Å². The molecule has 3 aromatic rings. The summed E-state index contributed by atoms with van der Waals surface area (Å²) in [6, 6.07) is 10.8. The second-order valence-electron chi connectivity index (χ2n) is 5.90. The van der Waals surface area contributed by atoms with Crippen LogP contribution in [-0.2, 0) is 10.0 Å². The Balaban J connectivity index is 1.62. The van der Waals surface area contributed by atoms with Gasteiger partial charge < -0.3 is 4.98 Å². The van der Waals surface area contributed by atoms with Gasteiger partial charge in [-0.1, -0.05) is 28.1 Å². The lowest BCUT2D eigenvalue weighted by Crippen LogP contribution is -2.34. The Morgan fingerprint density at radius 3 is 2.84 bits per heavy atom. The minimum atomic E-state index is -3.48. The highest BCUT2D eigenvalue weighted by atomic mass is 79.9. The van der Waals surface area contributed by atoms with E-state index in [0.717, 1.165) is 26.6 Å². The van der Waals surface area contributed by atoms with Gasteiger partial charge in [0.05, 0.1) is 4.90 Å². The summed E-state index contributed by atoms with van der Waals surface area (Å²) in [7, 11) is -3.48. The molecule has 0 spiro atoms. The van der Waals surface area contributed by atoms with E-state index in [1.807, 2.05) is 30.5 Å². The van der Waals surface area contributed by atoms with Crippen LogP contribution in [0.2, 0.25) is 0 Å². The lowest BCUT2D eigenvalue weighted by molar-refractivity contribution is 0.441. The number of hydrogen-bond donors (Lipinski definition) is 1. The van der Waals surface area contributed by atoms with E-state index in [0.29, 0.717) is 24.4 Å². The fourth-order valence-corrected chi connectivity index (χ4v) is 5.09. The number of pyridine rings is 1. The van der Waals surface area contributed by atoms with Crippen molar-refractivity contribution < 1.29 is 8.42 Å².